The minimum absolute atomic E-state index is 0.0758. The van der Waals surface area contributed by atoms with E-state index in [1.54, 1.807) is 6.20 Å². The summed E-state index contributed by atoms with van der Waals surface area (Å²) in [7, 11) is 0. The van der Waals surface area contributed by atoms with Crippen LogP contribution in [-0.4, -0.2) is 21.9 Å². The summed E-state index contributed by atoms with van der Waals surface area (Å²) in [6.07, 6.45) is 5.93. The summed E-state index contributed by atoms with van der Waals surface area (Å²) >= 11 is 0. The van der Waals surface area contributed by atoms with Gasteiger partial charge in [-0.15, -0.1) is 0 Å². The van der Waals surface area contributed by atoms with Crippen molar-refractivity contribution in [1.29, 1.82) is 0 Å². The number of amides is 2. The molecule has 2 aromatic rings. The highest BCUT2D eigenvalue weighted by Crippen LogP contribution is 2.18. The molecular formula is C15H18N4O. The molecule has 1 fully saturated rings. The SMILES string of the molecule is O=C(NCc1ccc(Cn2cccn2)cc1)NC1CC1. The maximum atomic E-state index is 11.5. The van der Waals surface area contributed by atoms with Crippen molar-refractivity contribution < 1.29 is 4.79 Å². The monoisotopic (exact) mass is 270 g/mol. The van der Waals surface area contributed by atoms with Crippen LogP contribution in [0, 0.1) is 0 Å². The van der Waals surface area contributed by atoms with Gasteiger partial charge in [0.1, 0.15) is 0 Å². The molecule has 0 radical (unpaired) electrons. The summed E-state index contributed by atoms with van der Waals surface area (Å²) in [5, 5.41) is 9.95. The maximum Gasteiger partial charge on any atom is 0.315 e. The Morgan fingerprint density at radius 1 is 1.25 bits per heavy atom. The van der Waals surface area contributed by atoms with Crippen LogP contribution in [0.3, 0.4) is 0 Å². The first-order chi connectivity index (χ1) is 9.79. The van der Waals surface area contributed by atoms with Gasteiger partial charge in [0.2, 0.25) is 0 Å². The number of carbonyl (C=O) groups excluding carboxylic acids is 1. The average molecular weight is 270 g/mol. The zero-order valence-electron chi connectivity index (χ0n) is 11.2. The Morgan fingerprint density at radius 2 is 2.00 bits per heavy atom. The van der Waals surface area contributed by atoms with Gasteiger partial charge < -0.3 is 10.6 Å². The minimum Gasteiger partial charge on any atom is -0.335 e. The molecule has 5 nitrogen and oxygen atoms in total. The van der Waals surface area contributed by atoms with E-state index < -0.39 is 0 Å². The van der Waals surface area contributed by atoms with Gasteiger partial charge in [0.25, 0.3) is 0 Å². The molecule has 1 aromatic carbocycles. The topological polar surface area (TPSA) is 59.0 Å². The molecule has 0 saturated heterocycles. The predicted octanol–water partition coefficient (Wildman–Crippen LogP) is 1.89. The number of hydrogen-bond donors (Lipinski definition) is 2. The van der Waals surface area contributed by atoms with E-state index in [0.29, 0.717) is 12.6 Å². The van der Waals surface area contributed by atoms with Crippen molar-refractivity contribution in [3.8, 4) is 0 Å². The maximum absolute atomic E-state index is 11.5. The van der Waals surface area contributed by atoms with E-state index in [1.807, 2.05) is 29.1 Å². The Labute approximate surface area is 118 Å². The van der Waals surface area contributed by atoms with Crippen LogP contribution in [0.4, 0.5) is 4.79 Å². The number of rotatable bonds is 5. The smallest absolute Gasteiger partial charge is 0.315 e. The summed E-state index contributed by atoms with van der Waals surface area (Å²) < 4.78 is 1.89. The normalized spacial score (nSPS) is 14.0. The van der Waals surface area contributed by atoms with Gasteiger partial charge in [0.05, 0.1) is 6.54 Å². The molecule has 1 aliphatic rings. The van der Waals surface area contributed by atoms with E-state index in [1.165, 1.54) is 5.56 Å². The summed E-state index contributed by atoms with van der Waals surface area (Å²) in [6.45, 7) is 1.32. The van der Waals surface area contributed by atoms with Crippen LogP contribution in [0.25, 0.3) is 0 Å². The fourth-order valence-corrected chi connectivity index (χ4v) is 1.99. The zero-order valence-corrected chi connectivity index (χ0v) is 11.2. The van der Waals surface area contributed by atoms with Crippen molar-refractivity contribution in [2.45, 2.75) is 32.0 Å². The fourth-order valence-electron chi connectivity index (χ4n) is 1.99. The Hall–Kier alpha value is -2.30. The molecule has 0 bridgehead atoms. The molecule has 104 valence electrons. The lowest BCUT2D eigenvalue weighted by molar-refractivity contribution is 0.240. The summed E-state index contributed by atoms with van der Waals surface area (Å²) in [4.78, 5) is 11.5. The van der Waals surface area contributed by atoms with Gasteiger partial charge in [-0.2, -0.15) is 5.10 Å². The van der Waals surface area contributed by atoms with E-state index in [9.17, 15) is 4.79 Å². The lowest BCUT2D eigenvalue weighted by Gasteiger charge is -2.07. The molecule has 1 saturated carbocycles. The molecule has 5 heteroatoms. The standard InChI is InChI=1S/C15H18N4O/c20-15(18-14-6-7-14)16-10-12-2-4-13(5-3-12)11-19-9-1-8-17-19/h1-5,8-9,14H,6-7,10-11H2,(H2,16,18,20). The minimum atomic E-state index is -0.0758. The van der Waals surface area contributed by atoms with Gasteiger partial charge in [0, 0.05) is 25.0 Å². The van der Waals surface area contributed by atoms with Crippen molar-refractivity contribution in [2.24, 2.45) is 0 Å². The molecule has 20 heavy (non-hydrogen) atoms. The van der Waals surface area contributed by atoms with Gasteiger partial charge in [-0.3, -0.25) is 4.68 Å². The van der Waals surface area contributed by atoms with Crippen molar-refractivity contribution in [3.05, 3.63) is 53.9 Å². The highest BCUT2D eigenvalue weighted by atomic mass is 16.2. The summed E-state index contributed by atoms with van der Waals surface area (Å²) in [5.74, 6) is 0. The quantitative estimate of drug-likeness (QED) is 0.871. The van der Waals surface area contributed by atoms with E-state index >= 15 is 0 Å². The molecule has 0 unspecified atom stereocenters. The van der Waals surface area contributed by atoms with Crippen LogP contribution in [0.15, 0.2) is 42.7 Å². The third-order valence-corrected chi connectivity index (χ3v) is 3.29. The van der Waals surface area contributed by atoms with Crippen LogP contribution in [0.1, 0.15) is 24.0 Å². The van der Waals surface area contributed by atoms with Crippen molar-refractivity contribution in [1.82, 2.24) is 20.4 Å². The van der Waals surface area contributed by atoms with Crippen molar-refractivity contribution in [2.75, 3.05) is 0 Å². The first kappa shape index (κ1) is 12.7. The van der Waals surface area contributed by atoms with Crippen molar-refractivity contribution >= 4 is 6.03 Å². The van der Waals surface area contributed by atoms with E-state index in [4.69, 9.17) is 0 Å². The predicted molar refractivity (Wildman–Crippen MR) is 76.2 cm³/mol. The molecule has 1 heterocycles. The Kier molecular flexibility index (Phi) is 3.67. The number of aromatic nitrogens is 2. The molecular weight excluding hydrogens is 252 g/mol. The fraction of sp³-hybridized carbons (Fsp3) is 0.333. The van der Waals surface area contributed by atoms with Gasteiger partial charge in [-0.25, -0.2) is 4.79 Å². The van der Waals surface area contributed by atoms with Crippen LogP contribution in [-0.2, 0) is 13.1 Å². The van der Waals surface area contributed by atoms with Gasteiger partial charge in [0.15, 0.2) is 0 Å². The van der Waals surface area contributed by atoms with E-state index in [2.05, 4.69) is 27.9 Å². The second-order valence-corrected chi connectivity index (χ2v) is 5.12. The second kappa shape index (κ2) is 5.77. The lowest BCUT2D eigenvalue weighted by Crippen LogP contribution is -2.36. The summed E-state index contributed by atoms with van der Waals surface area (Å²) in [5.41, 5.74) is 2.29. The molecule has 0 spiro atoms. The first-order valence-electron chi connectivity index (χ1n) is 6.89. The zero-order chi connectivity index (χ0) is 13.8. The number of carbonyl (C=O) groups is 1. The highest BCUT2D eigenvalue weighted by Gasteiger charge is 2.22. The first-order valence-corrected chi connectivity index (χ1v) is 6.89. The lowest BCUT2D eigenvalue weighted by atomic mass is 10.1. The summed E-state index contributed by atoms with van der Waals surface area (Å²) in [6, 6.07) is 10.4. The average Bonchev–Trinajstić information content (AvgIpc) is 3.12. The molecule has 1 aliphatic carbocycles. The van der Waals surface area contributed by atoms with Crippen LogP contribution >= 0.6 is 0 Å². The Morgan fingerprint density at radius 3 is 2.65 bits per heavy atom. The number of urea groups is 1. The van der Waals surface area contributed by atoms with Gasteiger partial charge >= 0.3 is 6.03 Å². The number of benzene rings is 1. The molecule has 1 aromatic heterocycles. The van der Waals surface area contributed by atoms with E-state index in [-0.39, 0.29) is 6.03 Å². The third-order valence-electron chi connectivity index (χ3n) is 3.29. The van der Waals surface area contributed by atoms with Crippen molar-refractivity contribution in [3.63, 3.8) is 0 Å². The number of hydrogen-bond acceptors (Lipinski definition) is 2. The Bertz CT molecular complexity index is 558. The van der Waals surface area contributed by atoms with Crippen LogP contribution in [0.5, 0.6) is 0 Å². The second-order valence-electron chi connectivity index (χ2n) is 5.12. The molecule has 0 atom stereocenters. The molecule has 2 amide bonds. The van der Waals surface area contributed by atoms with Gasteiger partial charge in [-0.1, -0.05) is 24.3 Å². The number of nitrogens with zero attached hydrogens (tertiary/aromatic N) is 2. The van der Waals surface area contributed by atoms with Crippen LogP contribution in [0.2, 0.25) is 0 Å². The largest absolute Gasteiger partial charge is 0.335 e. The molecule has 0 aliphatic heterocycles. The van der Waals surface area contributed by atoms with Gasteiger partial charge in [-0.05, 0) is 30.0 Å². The Balaban J connectivity index is 1.49. The highest BCUT2D eigenvalue weighted by molar-refractivity contribution is 5.74. The molecule has 2 N–H and O–H groups in total. The molecule has 3 rings (SSSR count). The number of nitrogens with one attached hydrogen (secondary N) is 2. The van der Waals surface area contributed by atoms with E-state index in [0.717, 1.165) is 24.9 Å². The van der Waals surface area contributed by atoms with Crippen LogP contribution < -0.4 is 10.6 Å². The third kappa shape index (κ3) is 3.60.